The van der Waals surface area contributed by atoms with Gasteiger partial charge in [0, 0.05) is 18.8 Å². The molecule has 0 spiro atoms. The molecule has 0 bridgehead atoms. The summed E-state index contributed by atoms with van der Waals surface area (Å²) in [4.78, 5) is 35.5. The average molecular weight is 323 g/mol. The third-order valence-electron chi connectivity index (χ3n) is 3.15. The standard InChI is InChI=1S/C15H22N4O4/c1-4-19(10-14(21)18-15(22)16-2)9-13(20)17-11-6-5-7-12(8-11)23-3/h5-8H,4,9-10H2,1-3H3,(H,17,20)(H2,16,18,21,22)/p+1. The SMILES string of the molecule is CC[NH+](CC(=O)NC(=O)NC)CC(=O)Nc1cccc(OC)c1. The number of likely N-dealkylation sites (N-methyl/N-ethyl adjacent to an activating group) is 1. The van der Waals surface area contributed by atoms with E-state index in [4.69, 9.17) is 4.74 Å². The van der Waals surface area contributed by atoms with Gasteiger partial charge in [0.05, 0.1) is 13.7 Å². The lowest BCUT2D eigenvalue weighted by atomic mass is 10.3. The van der Waals surface area contributed by atoms with E-state index >= 15 is 0 Å². The minimum absolute atomic E-state index is 0.0372. The molecular formula is C15H23N4O4+. The lowest BCUT2D eigenvalue weighted by Crippen LogP contribution is -3.14. The van der Waals surface area contributed by atoms with Crippen molar-refractivity contribution in [3.05, 3.63) is 24.3 Å². The number of urea groups is 1. The van der Waals surface area contributed by atoms with E-state index in [9.17, 15) is 14.4 Å². The fourth-order valence-electron chi connectivity index (χ4n) is 1.91. The Morgan fingerprint density at radius 1 is 1.17 bits per heavy atom. The van der Waals surface area contributed by atoms with Gasteiger partial charge in [-0.25, -0.2) is 4.79 Å². The first-order chi connectivity index (χ1) is 11.0. The zero-order chi connectivity index (χ0) is 17.2. The van der Waals surface area contributed by atoms with Gasteiger partial charge in [-0.3, -0.25) is 14.9 Å². The molecule has 8 nitrogen and oxygen atoms in total. The monoisotopic (exact) mass is 323 g/mol. The summed E-state index contributed by atoms with van der Waals surface area (Å²) in [5.74, 6) is -0.00863. The largest absolute Gasteiger partial charge is 0.497 e. The van der Waals surface area contributed by atoms with E-state index in [0.29, 0.717) is 18.0 Å². The van der Waals surface area contributed by atoms with Crippen LogP contribution in [0.2, 0.25) is 0 Å². The second kappa shape index (κ2) is 9.42. The molecule has 0 aliphatic rings. The second-order valence-electron chi connectivity index (χ2n) is 4.86. The quantitative estimate of drug-likeness (QED) is 0.517. The highest BCUT2D eigenvalue weighted by molar-refractivity contribution is 5.95. The Hall–Kier alpha value is -2.61. The predicted octanol–water partition coefficient (Wildman–Crippen LogP) is -1.01. The van der Waals surface area contributed by atoms with Crippen LogP contribution in [0, 0.1) is 0 Å². The molecule has 0 aliphatic heterocycles. The summed E-state index contributed by atoms with van der Waals surface area (Å²) in [5, 5.41) is 7.23. The number of hydrogen-bond donors (Lipinski definition) is 4. The molecule has 0 aromatic heterocycles. The molecule has 0 saturated heterocycles. The van der Waals surface area contributed by atoms with Gasteiger partial charge in [-0.2, -0.15) is 0 Å². The molecule has 4 N–H and O–H groups in total. The topological polar surface area (TPSA) is 101 Å². The average Bonchev–Trinajstić information content (AvgIpc) is 2.53. The van der Waals surface area contributed by atoms with Crippen LogP contribution in [0.4, 0.5) is 10.5 Å². The number of nitrogens with one attached hydrogen (secondary N) is 4. The Balaban J connectivity index is 2.52. The van der Waals surface area contributed by atoms with Crippen molar-refractivity contribution >= 4 is 23.5 Å². The summed E-state index contributed by atoms with van der Waals surface area (Å²) in [6, 6.07) is 6.45. The minimum Gasteiger partial charge on any atom is -0.497 e. The van der Waals surface area contributed by atoms with Crippen molar-refractivity contribution < 1.29 is 24.0 Å². The van der Waals surface area contributed by atoms with E-state index in [-0.39, 0.29) is 19.0 Å². The molecule has 1 aromatic rings. The molecule has 1 aromatic carbocycles. The highest BCUT2D eigenvalue weighted by Gasteiger charge is 2.18. The van der Waals surface area contributed by atoms with Crippen LogP contribution in [0.1, 0.15) is 6.92 Å². The maximum absolute atomic E-state index is 12.1. The summed E-state index contributed by atoms with van der Waals surface area (Å²) in [6.07, 6.45) is 0. The van der Waals surface area contributed by atoms with Crippen LogP contribution in [0.5, 0.6) is 5.75 Å². The smallest absolute Gasteiger partial charge is 0.321 e. The molecule has 4 amide bonds. The van der Waals surface area contributed by atoms with E-state index in [1.54, 1.807) is 31.4 Å². The molecule has 0 heterocycles. The van der Waals surface area contributed by atoms with Crippen molar-refractivity contribution in [2.45, 2.75) is 6.92 Å². The summed E-state index contributed by atoms with van der Waals surface area (Å²) < 4.78 is 5.09. The minimum atomic E-state index is -0.564. The Morgan fingerprint density at radius 2 is 1.87 bits per heavy atom. The predicted molar refractivity (Wildman–Crippen MR) is 85.5 cm³/mol. The number of methoxy groups -OCH3 is 1. The van der Waals surface area contributed by atoms with E-state index in [2.05, 4.69) is 16.0 Å². The Bertz CT molecular complexity index is 562. The van der Waals surface area contributed by atoms with Crippen molar-refractivity contribution in [2.24, 2.45) is 0 Å². The molecule has 1 rings (SSSR count). The van der Waals surface area contributed by atoms with Crippen molar-refractivity contribution in [2.75, 3.05) is 39.1 Å². The van der Waals surface area contributed by atoms with Crippen molar-refractivity contribution in [3.63, 3.8) is 0 Å². The van der Waals surface area contributed by atoms with E-state index in [1.807, 2.05) is 6.92 Å². The summed E-state index contributed by atoms with van der Waals surface area (Å²) >= 11 is 0. The number of anilines is 1. The summed E-state index contributed by atoms with van der Waals surface area (Å²) in [5.41, 5.74) is 0.625. The normalized spacial score (nSPS) is 11.3. The van der Waals surface area contributed by atoms with Gasteiger partial charge >= 0.3 is 6.03 Å². The first-order valence-corrected chi connectivity index (χ1v) is 7.27. The van der Waals surface area contributed by atoms with Gasteiger partial charge in [0.2, 0.25) is 0 Å². The fraction of sp³-hybridized carbons (Fsp3) is 0.400. The third kappa shape index (κ3) is 6.79. The third-order valence-corrected chi connectivity index (χ3v) is 3.15. The number of amides is 4. The molecule has 1 atom stereocenters. The Morgan fingerprint density at radius 3 is 2.48 bits per heavy atom. The van der Waals surface area contributed by atoms with E-state index in [1.165, 1.54) is 7.05 Å². The Kier molecular flexibility index (Phi) is 7.55. The molecule has 1 unspecified atom stereocenters. The van der Waals surface area contributed by atoms with Crippen LogP contribution in [-0.2, 0) is 9.59 Å². The lowest BCUT2D eigenvalue weighted by Gasteiger charge is -2.16. The maximum Gasteiger partial charge on any atom is 0.321 e. The summed E-state index contributed by atoms with van der Waals surface area (Å²) in [7, 11) is 2.98. The number of ether oxygens (including phenoxy) is 1. The van der Waals surface area contributed by atoms with E-state index in [0.717, 1.165) is 4.90 Å². The molecule has 23 heavy (non-hydrogen) atoms. The summed E-state index contributed by atoms with van der Waals surface area (Å²) in [6.45, 7) is 2.60. The number of benzene rings is 1. The van der Waals surface area contributed by atoms with Crippen molar-refractivity contribution in [3.8, 4) is 5.75 Å². The molecular weight excluding hydrogens is 300 g/mol. The van der Waals surface area contributed by atoms with Gasteiger partial charge in [0.25, 0.3) is 11.8 Å². The van der Waals surface area contributed by atoms with Crippen molar-refractivity contribution in [1.29, 1.82) is 0 Å². The van der Waals surface area contributed by atoms with Gasteiger partial charge in [-0.15, -0.1) is 0 Å². The van der Waals surface area contributed by atoms with Gasteiger partial charge in [0.1, 0.15) is 5.75 Å². The number of carbonyl (C=O) groups is 3. The number of hydrogen-bond acceptors (Lipinski definition) is 4. The number of rotatable bonds is 7. The zero-order valence-corrected chi connectivity index (χ0v) is 13.6. The van der Waals surface area contributed by atoms with Gasteiger partial charge in [-0.1, -0.05) is 6.07 Å². The van der Waals surface area contributed by atoms with Crippen LogP contribution in [0.15, 0.2) is 24.3 Å². The number of carbonyl (C=O) groups excluding carboxylic acids is 3. The van der Waals surface area contributed by atoms with Gasteiger partial charge < -0.3 is 20.3 Å². The van der Waals surface area contributed by atoms with Crippen LogP contribution in [-0.4, -0.2) is 51.6 Å². The molecule has 0 saturated carbocycles. The second-order valence-corrected chi connectivity index (χ2v) is 4.86. The molecule has 0 radical (unpaired) electrons. The zero-order valence-electron chi connectivity index (χ0n) is 13.6. The highest BCUT2D eigenvalue weighted by atomic mass is 16.5. The van der Waals surface area contributed by atoms with Gasteiger partial charge in [-0.05, 0) is 19.1 Å². The number of imide groups is 1. The van der Waals surface area contributed by atoms with Crippen LogP contribution in [0.3, 0.4) is 0 Å². The molecule has 126 valence electrons. The lowest BCUT2D eigenvalue weighted by molar-refractivity contribution is -0.881. The highest BCUT2D eigenvalue weighted by Crippen LogP contribution is 2.16. The molecule has 0 aliphatic carbocycles. The first kappa shape index (κ1) is 18.4. The van der Waals surface area contributed by atoms with Crippen molar-refractivity contribution in [1.82, 2.24) is 10.6 Å². The van der Waals surface area contributed by atoms with Crippen LogP contribution >= 0.6 is 0 Å². The molecule has 8 heteroatoms. The van der Waals surface area contributed by atoms with Crippen LogP contribution in [0.25, 0.3) is 0 Å². The van der Waals surface area contributed by atoms with Crippen LogP contribution < -0.4 is 25.6 Å². The maximum atomic E-state index is 12.1. The number of quaternary nitrogens is 1. The fourth-order valence-corrected chi connectivity index (χ4v) is 1.91. The van der Waals surface area contributed by atoms with Gasteiger partial charge in [0.15, 0.2) is 13.1 Å². The molecule has 0 fully saturated rings. The Labute approximate surface area is 135 Å². The van der Waals surface area contributed by atoms with E-state index < -0.39 is 11.9 Å². The first-order valence-electron chi connectivity index (χ1n) is 7.27.